The summed E-state index contributed by atoms with van der Waals surface area (Å²) in [5.74, 6) is 0.109. The summed E-state index contributed by atoms with van der Waals surface area (Å²) >= 11 is 0. The molecule has 2 saturated heterocycles. The molecule has 3 rings (SSSR count). The van der Waals surface area contributed by atoms with Crippen LogP contribution in [0.4, 0.5) is 0 Å². The Kier molecular flexibility index (Phi) is 3.95. The van der Waals surface area contributed by atoms with E-state index in [1.165, 1.54) is 12.8 Å². The van der Waals surface area contributed by atoms with Crippen molar-refractivity contribution in [3.8, 4) is 0 Å². The molecule has 3 fully saturated rings. The minimum atomic E-state index is -0.381. The van der Waals surface area contributed by atoms with Gasteiger partial charge in [0.1, 0.15) is 6.04 Å². The lowest BCUT2D eigenvalue weighted by Gasteiger charge is -2.36. The van der Waals surface area contributed by atoms with E-state index in [-0.39, 0.29) is 42.0 Å². The van der Waals surface area contributed by atoms with Crippen molar-refractivity contribution in [3.05, 3.63) is 0 Å². The van der Waals surface area contributed by atoms with Crippen molar-refractivity contribution < 1.29 is 14.3 Å². The number of nitrogens with zero attached hydrogens (tertiary/aromatic N) is 1. The van der Waals surface area contributed by atoms with E-state index in [2.05, 4.69) is 5.32 Å². The number of nitrogens with one attached hydrogen (secondary N) is 1. The minimum absolute atomic E-state index is 0.0422. The van der Waals surface area contributed by atoms with Crippen LogP contribution in [-0.4, -0.2) is 47.6 Å². The van der Waals surface area contributed by atoms with Gasteiger partial charge in [-0.15, -0.1) is 0 Å². The monoisotopic (exact) mass is 294 g/mol. The standard InChI is InChI=1S/C16H26N2O3/c1-11(2)14-15(20)18(10-13(19)17-14)9-12-5-8-16(21-12)6-3-4-7-16/h11-12,14H,3-10H2,1-2H3,(H,17,19). The quantitative estimate of drug-likeness (QED) is 0.857. The smallest absolute Gasteiger partial charge is 0.245 e. The number of hydrogen-bond donors (Lipinski definition) is 1. The molecule has 5 heteroatoms. The van der Waals surface area contributed by atoms with Gasteiger partial charge < -0.3 is 15.0 Å². The van der Waals surface area contributed by atoms with Crippen LogP contribution >= 0.6 is 0 Å². The van der Waals surface area contributed by atoms with E-state index in [0.29, 0.717) is 6.54 Å². The maximum atomic E-state index is 12.5. The molecule has 2 atom stereocenters. The molecule has 21 heavy (non-hydrogen) atoms. The average molecular weight is 294 g/mol. The first-order valence-electron chi connectivity index (χ1n) is 8.25. The van der Waals surface area contributed by atoms with Gasteiger partial charge in [0.25, 0.3) is 0 Å². The van der Waals surface area contributed by atoms with Crippen LogP contribution in [0.3, 0.4) is 0 Å². The Hall–Kier alpha value is -1.10. The van der Waals surface area contributed by atoms with E-state index in [1.54, 1.807) is 4.90 Å². The topological polar surface area (TPSA) is 58.6 Å². The molecule has 2 heterocycles. The summed E-state index contributed by atoms with van der Waals surface area (Å²) in [7, 11) is 0. The van der Waals surface area contributed by atoms with Gasteiger partial charge in [0.2, 0.25) is 11.8 Å². The number of ether oxygens (including phenoxy) is 1. The van der Waals surface area contributed by atoms with E-state index in [1.807, 2.05) is 13.8 Å². The fourth-order valence-electron chi connectivity index (χ4n) is 3.99. The van der Waals surface area contributed by atoms with Crippen LogP contribution in [-0.2, 0) is 14.3 Å². The number of hydrogen-bond acceptors (Lipinski definition) is 3. The molecule has 5 nitrogen and oxygen atoms in total. The number of amides is 2. The third kappa shape index (κ3) is 2.93. The summed E-state index contributed by atoms with van der Waals surface area (Å²) in [5.41, 5.74) is 0.0865. The van der Waals surface area contributed by atoms with Crippen molar-refractivity contribution in [1.82, 2.24) is 10.2 Å². The van der Waals surface area contributed by atoms with Gasteiger partial charge in [-0.2, -0.15) is 0 Å². The Bertz CT molecular complexity index is 429. The fraction of sp³-hybridized carbons (Fsp3) is 0.875. The highest BCUT2D eigenvalue weighted by Gasteiger charge is 2.44. The molecule has 2 unspecified atom stereocenters. The molecule has 118 valence electrons. The molecule has 1 N–H and O–H groups in total. The Morgan fingerprint density at radius 3 is 2.67 bits per heavy atom. The second-order valence-electron chi connectivity index (χ2n) is 7.18. The summed E-state index contributed by atoms with van der Waals surface area (Å²) in [5, 5.41) is 2.80. The van der Waals surface area contributed by atoms with Crippen LogP contribution in [0.2, 0.25) is 0 Å². The first kappa shape index (κ1) is 14.8. The third-order valence-electron chi connectivity index (χ3n) is 5.17. The summed E-state index contributed by atoms with van der Waals surface area (Å²) in [6, 6.07) is -0.381. The molecule has 3 aliphatic rings. The van der Waals surface area contributed by atoms with Crippen molar-refractivity contribution in [1.29, 1.82) is 0 Å². The molecule has 0 aromatic carbocycles. The molecule has 2 aliphatic heterocycles. The first-order chi connectivity index (χ1) is 9.99. The normalized spacial score (nSPS) is 32.2. The summed E-state index contributed by atoms with van der Waals surface area (Å²) in [6.45, 7) is 4.67. The third-order valence-corrected chi connectivity index (χ3v) is 5.17. The fourth-order valence-corrected chi connectivity index (χ4v) is 3.99. The predicted molar refractivity (Wildman–Crippen MR) is 78.7 cm³/mol. The molecule has 1 aliphatic carbocycles. The first-order valence-corrected chi connectivity index (χ1v) is 8.25. The SMILES string of the molecule is CC(C)C1NC(=O)CN(CC2CCC3(CCCC3)O2)C1=O. The Morgan fingerprint density at radius 1 is 1.29 bits per heavy atom. The van der Waals surface area contributed by atoms with Crippen LogP contribution < -0.4 is 5.32 Å². The molecular weight excluding hydrogens is 268 g/mol. The second-order valence-corrected chi connectivity index (χ2v) is 7.18. The van der Waals surface area contributed by atoms with Crippen molar-refractivity contribution in [3.63, 3.8) is 0 Å². The Labute approximate surface area is 126 Å². The second kappa shape index (κ2) is 5.59. The van der Waals surface area contributed by atoms with Crippen LogP contribution in [0.25, 0.3) is 0 Å². The van der Waals surface area contributed by atoms with Crippen molar-refractivity contribution >= 4 is 11.8 Å². The molecule has 0 radical (unpaired) electrons. The minimum Gasteiger partial charge on any atom is -0.370 e. The van der Waals surface area contributed by atoms with Gasteiger partial charge >= 0.3 is 0 Å². The highest BCUT2D eigenvalue weighted by atomic mass is 16.5. The van der Waals surface area contributed by atoms with Crippen LogP contribution in [0.15, 0.2) is 0 Å². The van der Waals surface area contributed by atoms with Crippen LogP contribution in [0.1, 0.15) is 52.4 Å². The van der Waals surface area contributed by atoms with Gasteiger partial charge in [0, 0.05) is 6.54 Å². The molecular formula is C16H26N2O3. The maximum Gasteiger partial charge on any atom is 0.245 e. The molecule has 1 spiro atoms. The molecule has 0 aromatic heterocycles. The number of carbonyl (C=O) groups excluding carboxylic acids is 2. The summed E-state index contributed by atoms with van der Waals surface area (Å²) in [4.78, 5) is 26.0. The van der Waals surface area contributed by atoms with Gasteiger partial charge in [-0.05, 0) is 31.6 Å². The lowest BCUT2D eigenvalue weighted by Crippen LogP contribution is -2.60. The molecule has 0 bridgehead atoms. The van der Waals surface area contributed by atoms with Crippen LogP contribution in [0, 0.1) is 5.92 Å². The summed E-state index contributed by atoms with van der Waals surface area (Å²) < 4.78 is 6.27. The predicted octanol–water partition coefficient (Wildman–Crippen LogP) is 1.46. The highest BCUT2D eigenvalue weighted by Crippen LogP contribution is 2.43. The Morgan fingerprint density at radius 2 is 2.00 bits per heavy atom. The zero-order valence-corrected chi connectivity index (χ0v) is 13.1. The van der Waals surface area contributed by atoms with Gasteiger partial charge in [0.15, 0.2) is 0 Å². The van der Waals surface area contributed by atoms with Crippen LogP contribution in [0.5, 0.6) is 0 Å². The van der Waals surface area contributed by atoms with E-state index in [0.717, 1.165) is 25.7 Å². The highest BCUT2D eigenvalue weighted by molar-refractivity contribution is 5.95. The number of carbonyl (C=O) groups is 2. The maximum absolute atomic E-state index is 12.5. The molecule has 2 amide bonds. The van der Waals surface area contributed by atoms with E-state index in [9.17, 15) is 9.59 Å². The Balaban J connectivity index is 1.61. The lowest BCUT2D eigenvalue weighted by molar-refractivity contribution is -0.148. The largest absolute Gasteiger partial charge is 0.370 e. The van der Waals surface area contributed by atoms with Crippen molar-refractivity contribution in [2.75, 3.05) is 13.1 Å². The van der Waals surface area contributed by atoms with E-state index in [4.69, 9.17) is 4.74 Å². The van der Waals surface area contributed by atoms with E-state index >= 15 is 0 Å². The average Bonchev–Trinajstić information content (AvgIpc) is 3.04. The molecule has 0 aromatic rings. The summed E-state index contributed by atoms with van der Waals surface area (Å²) in [6.07, 6.45) is 7.06. The van der Waals surface area contributed by atoms with Crippen molar-refractivity contribution in [2.45, 2.75) is 70.1 Å². The van der Waals surface area contributed by atoms with Crippen molar-refractivity contribution in [2.24, 2.45) is 5.92 Å². The number of rotatable bonds is 3. The number of piperazine rings is 1. The van der Waals surface area contributed by atoms with Gasteiger partial charge in [0.05, 0.1) is 18.2 Å². The zero-order chi connectivity index (χ0) is 15.0. The van der Waals surface area contributed by atoms with E-state index < -0.39 is 0 Å². The lowest BCUT2D eigenvalue weighted by atomic mass is 9.98. The van der Waals surface area contributed by atoms with Gasteiger partial charge in [-0.25, -0.2) is 0 Å². The van der Waals surface area contributed by atoms with Gasteiger partial charge in [-0.1, -0.05) is 26.7 Å². The van der Waals surface area contributed by atoms with Gasteiger partial charge in [-0.3, -0.25) is 9.59 Å². The molecule has 1 saturated carbocycles. The zero-order valence-electron chi connectivity index (χ0n) is 13.1.